The molecule has 0 fully saturated rings. The van der Waals surface area contributed by atoms with Crippen LogP contribution in [0, 0.1) is 0 Å². The van der Waals surface area contributed by atoms with Crippen LogP contribution >= 0.6 is 0 Å². The van der Waals surface area contributed by atoms with Crippen molar-refractivity contribution in [3.05, 3.63) is 59.7 Å². The van der Waals surface area contributed by atoms with E-state index in [0.29, 0.717) is 16.9 Å². The van der Waals surface area contributed by atoms with Crippen LogP contribution in [0.5, 0.6) is 0 Å². The second-order valence-corrected chi connectivity index (χ2v) is 6.52. The maximum atomic E-state index is 12.2. The maximum absolute atomic E-state index is 12.2. The van der Waals surface area contributed by atoms with Crippen molar-refractivity contribution in [1.29, 1.82) is 0 Å². The minimum absolute atomic E-state index is 0.0885. The van der Waals surface area contributed by atoms with E-state index in [1.165, 1.54) is 0 Å². The predicted molar refractivity (Wildman–Crippen MR) is 96.6 cm³/mol. The SMILES string of the molecule is CC(C)(C)OC(=O)Nc1ccc(C(=O)Nc2cccc(CO)c2)cc1. The third-order valence-corrected chi connectivity index (χ3v) is 3.16. The van der Waals surface area contributed by atoms with Crippen molar-refractivity contribution in [3.8, 4) is 0 Å². The van der Waals surface area contributed by atoms with E-state index in [4.69, 9.17) is 9.84 Å². The van der Waals surface area contributed by atoms with Gasteiger partial charge >= 0.3 is 6.09 Å². The molecule has 0 saturated heterocycles. The van der Waals surface area contributed by atoms with E-state index in [0.717, 1.165) is 5.56 Å². The van der Waals surface area contributed by atoms with E-state index in [-0.39, 0.29) is 12.5 Å². The molecule has 0 saturated carbocycles. The fraction of sp³-hybridized carbons (Fsp3) is 0.263. The topological polar surface area (TPSA) is 87.7 Å². The minimum Gasteiger partial charge on any atom is -0.444 e. The molecule has 0 heterocycles. The predicted octanol–water partition coefficient (Wildman–Crippen LogP) is 3.78. The summed E-state index contributed by atoms with van der Waals surface area (Å²) in [6.07, 6.45) is -0.550. The number of hydrogen-bond donors (Lipinski definition) is 3. The zero-order valence-electron chi connectivity index (χ0n) is 14.5. The Balaban J connectivity index is 1.99. The molecule has 0 aromatic heterocycles. The number of rotatable bonds is 4. The van der Waals surface area contributed by atoms with Gasteiger partial charge in [0.2, 0.25) is 0 Å². The van der Waals surface area contributed by atoms with Gasteiger partial charge in [0.15, 0.2) is 0 Å². The third-order valence-electron chi connectivity index (χ3n) is 3.16. The lowest BCUT2D eigenvalue weighted by molar-refractivity contribution is 0.0636. The maximum Gasteiger partial charge on any atom is 0.412 e. The van der Waals surface area contributed by atoms with Gasteiger partial charge in [-0.1, -0.05) is 12.1 Å². The zero-order chi connectivity index (χ0) is 18.4. The molecular weight excluding hydrogens is 320 g/mol. The van der Waals surface area contributed by atoms with Crippen LogP contribution < -0.4 is 10.6 Å². The summed E-state index contributed by atoms with van der Waals surface area (Å²) in [5.41, 5.74) is 1.73. The molecule has 132 valence electrons. The Hall–Kier alpha value is -2.86. The van der Waals surface area contributed by atoms with Crippen molar-refractivity contribution in [1.82, 2.24) is 0 Å². The molecule has 0 spiro atoms. The van der Waals surface area contributed by atoms with E-state index in [2.05, 4.69) is 10.6 Å². The number of aliphatic hydroxyl groups is 1. The lowest BCUT2D eigenvalue weighted by atomic mass is 10.1. The van der Waals surface area contributed by atoms with E-state index in [1.54, 1.807) is 69.3 Å². The molecule has 2 rings (SSSR count). The van der Waals surface area contributed by atoms with Crippen molar-refractivity contribution in [2.45, 2.75) is 33.0 Å². The van der Waals surface area contributed by atoms with Crippen LogP contribution in [0.25, 0.3) is 0 Å². The molecule has 0 bridgehead atoms. The summed E-state index contributed by atoms with van der Waals surface area (Å²) in [5.74, 6) is -0.279. The lowest BCUT2D eigenvalue weighted by Crippen LogP contribution is -2.27. The Morgan fingerprint density at radius 1 is 1.00 bits per heavy atom. The van der Waals surface area contributed by atoms with E-state index in [9.17, 15) is 9.59 Å². The fourth-order valence-electron chi connectivity index (χ4n) is 2.08. The van der Waals surface area contributed by atoms with Gasteiger partial charge in [0.1, 0.15) is 5.60 Å². The molecule has 0 aliphatic carbocycles. The van der Waals surface area contributed by atoms with Crippen molar-refractivity contribution in [2.24, 2.45) is 0 Å². The zero-order valence-corrected chi connectivity index (χ0v) is 14.5. The number of ether oxygens (including phenoxy) is 1. The van der Waals surface area contributed by atoms with Gasteiger partial charge in [-0.15, -0.1) is 0 Å². The fourth-order valence-corrected chi connectivity index (χ4v) is 2.08. The molecule has 25 heavy (non-hydrogen) atoms. The molecule has 0 atom stereocenters. The number of carbonyl (C=O) groups excluding carboxylic acids is 2. The number of amides is 2. The number of aliphatic hydroxyl groups excluding tert-OH is 1. The Morgan fingerprint density at radius 3 is 2.28 bits per heavy atom. The number of nitrogens with one attached hydrogen (secondary N) is 2. The molecule has 0 radical (unpaired) electrons. The number of benzene rings is 2. The summed E-state index contributed by atoms with van der Waals surface area (Å²) in [6.45, 7) is 5.26. The van der Waals surface area contributed by atoms with Crippen molar-refractivity contribution in [3.63, 3.8) is 0 Å². The van der Waals surface area contributed by atoms with Gasteiger partial charge in [-0.2, -0.15) is 0 Å². The summed E-state index contributed by atoms with van der Waals surface area (Å²) in [7, 11) is 0. The van der Waals surface area contributed by atoms with Crippen LogP contribution in [-0.2, 0) is 11.3 Å². The normalized spacial score (nSPS) is 10.9. The van der Waals surface area contributed by atoms with Crippen molar-refractivity contribution < 1.29 is 19.4 Å². The minimum atomic E-state index is -0.576. The van der Waals surface area contributed by atoms with Gasteiger partial charge in [-0.05, 0) is 62.7 Å². The number of anilines is 2. The number of carbonyl (C=O) groups is 2. The monoisotopic (exact) mass is 342 g/mol. The van der Waals surface area contributed by atoms with Crippen LogP contribution in [0.3, 0.4) is 0 Å². The van der Waals surface area contributed by atoms with Crippen LogP contribution in [0.4, 0.5) is 16.2 Å². The summed E-state index contributed by atoms with van der Waals surface area (Å²) < 4.78 is 5.17. The van der Waals surface area contributed by atoms with Crippen LogP contribution in [0.1, 0.15) is 36.7 Å². The first-order valence-corrected chi connectivity index (χ1v) is 7.88. The molecule has 2 amide bonds. The highest BCUT2D eigenvalue weighted by Gasteiger charge is 2.16. The summed E-state index contributed by atoms with van der Waals surface area (Å²) in [6, 6.07) is 13.5. The Bertz CT molecular complexity index is 749. The van der Waals surface area contributed by atoms with E-state index in [1.807, 2.05) is 0 Å². The molecule has 3 N–H and O–H groups in total. The molecule has 0 aliphatic rings. The standard InChI is InChI=1S/C19H22N2O4/c1-19(2,3)25-18(24)21-15-9-7-14(8-10-15)17(23)20-16-6-4-5-13(11-16)12-22/h4-11,22H,12H2,1-3H3,(H,20,23)(H,21,24). The van der Waals surface area contributed by atoms with Gasteiger partial charge in [0.05, 0.1) is 6.61 Å². The van der Waals surface area contributed by atoms with Gasteiger partial charge < -0.3 is 15.2 Å². The average Bonchev–Trinajstić information content (AvgIpc) is 2.53. The molecule has 6 heteroatoms. The van der Waals surface area contributed by atoms with Crippen LogP contribution in [-0.4, -0.2) is 22.7 Å². The van der Waals surface area contributed by atoms with Gasteiger partial charge in [0, 0.05) is 16.9 Å². The molecule has 0 aliphatic heterocycles. The first-order chi connectivity index (χ1) is 11.8. The second-order valence-electron chi connectivity index (χ2n) is 6.52. The number of hydrogen-bond acceptors (Lipinski definition) is 4. The molecule has 6 nitrogen and oxygen atoms in total. The first-order valence-electron chi connectivity index (χ1n) is 7.88. The van der Waals surface area contributed by atoms with Crippen molar-refractivity contribution in [2.75, 3.05) is 10.6 Å². The van der Waals surface area contributed by atoms with Crippen molar-refractivity contribution >= 4 is 23.4 Å². The van der Waals surface area contributed by atoms with Gasteiger partial charge in [-0.3, -0.25) is 10.1 Å². The smallest absolute Gasteiger partial charge is 0.412 e. The largest absolute Gasteiger partial charge is 0.444 e. The highest BCUT2D eigenvalue weighted by molar-refractivity contribution is 6.04. The lowest BCUT2D eigenvalue weighted by Gasteiger charge is -2.19. The first kappa shape index (κ1) is 18.5. The summed E-state index contributed by atoms with van der Waals surface area (Å²) >= 11 is 0. The van der Waals surface area contributed by atoms with Gasteiger partial charge in [-0.25, -0.2) is 4.79 Å². The average molecular weight is 342 g/mol. The quantitative estimate of drug-likeness (QED) is 0.789. The Labute approximate surface area is 146 Å². The van der Waals surface area contributed by atoms with Crippen LogP contribution in [0.2, 0.25) is 0 Å². The highest BCUT2D eigenvalue weighted by atomic mass is 16.6. The second kappa shape index (κ2) is 7.81. The van der Waals surface area contributed by atoms with E-state index < -0.39 is 11.7 Å². The van der Waals surface area contributed by atoms with Gasteiger partial charge in [0.25, 0.3) is 5.91 Å². The Kier molecular flexibility index (Phi) is 5.77. The molecule has 2 aromatic rings. The molecule has 0 unspecified atom stereocenters. The molecular formula is C19H22N2O4. The van der Waals surface area contributed by atoms with E-state index >= 15 is 0 Å². The summed E-state index contributed by atoms with van der Waals surface area (Å²) in [5, 5.41) is 14.5. The van der Waals surface area contributed by atoms with Crippen LogP contribution in [0.15, 0.2) is 48.5 Å². The summed E-state index contributed by atoms with van der Waals surface area (Å²) in [4.78, 5) is 24.0. The Morgan fingerprint density at radius 2 is 1.68 bits per heavy atom. The third kappa shape index (κ3) is 5.93. The highest BCUT2D eigenvalue weighted by Crippen LogP contribution is 2.15. The molecule has 2 aromatic carbocycles.